The summed E-state index contributed by atoms with van der Waals surface area (Å²) in [7, 11) is 0. The summed E-state index contributed by atoms with van der Waals surface area (Å²) in [5.41, 5.74) is 1.49. The average Bonchev–Trinajstić information content (AvgIpc) is 2.22. The number of aryl methyl sites for hydroxylation is 3. The van der Waals surface area contributed by atoms with Gasteiger partial charge in [0.15, 0.2) is 0 Å². The summed E-state index contributed by atoms with van der Waals surface area (Å²) >= 11 is 0. The van der Waals surface area contributed by atoms with Crippen molar-refractivity contribution in [2.45, 2.75) is 40.5 Å². The Balaban J connectivity index is 2.81. The summed E-state index contributed by atoms with van der Waals surface area (Å²) in [4.78, 5) is 11.0. The van der Waals surface area contributed by atoms with E-state index in [2.05, 4.69) is 0 Å². The van der Waals surface area contributed by atoms with Crippen LogP contribution in [-0.4, -0.2) is 11.1 Å². The van der Waals surface area contributed by atoms with E-state index in [1.165, 1.54) is 0 Å². The normalized spacial score (nSPS) is 11.6. The number of carboxylic acids is 1. The number of carboxylic acid groups (broad SMARTS) is 1. The van der Waals surface area contributed by atoms with Crippen molar-refractivity contribution < 1.29 is 14.3 Å². The molecule has 0 aliphatic rings. The van der Waals surface area contributed by atoms with Crippen LogP contribution in [0.5, 0.6) is 0 Å². The molecule has 0 heterocycles. The van der Waals surface area contributed by atoms with Crippen molar-refractivity contribution in [3.05, 3.63) is 34.6 Å². The fourth-order valence-corrected chi connectivity index (χ4v) is 1.74. The fraction of sp³-hybridized carbons (Fsp3) is 0.500. The van der Waals surface area contributed by atoms with E-state index in [1.54, 1.807) is 39.8 Å². The van der Waals surface area contributed by atoms with Crippen LogP contribution in [0.4, 0.5) is 4.39 Å². The highest BCUT2D eigenvalue weighted by Crippen LogP contribution is 2.24. The molecule has 3 heteroatoms. The van der Waals surface area contributed by atoms with Crippen molar-refractivity contribution in [1.29, 1.82) is 0 Å². The molecule has 0 fully saturated rings. The first-order valence-electron chi connectivity index (χ1n) is 5.73. The van der Waals surface area contributed by atoms with Gasteiger partial charge in [0, 0.05) is 0 Å². The lowest BCUT2D eigenvalue weighted by Gasteiger charge is -2.19. The molecule has 94 valence electrons. The maximum absolute atomic E-state index is 13.4. The number of hydrogen-bond acceptors (Lipinski definition) is 1. The summed E-state index contributed by atoms with van der Waals surface area (Å²) in [5.74, 6) is -0.973. The third-order valence-electron chi connectivity index (χ3n) is 3.11. The van der Waals surface area contributed by atoms with Gasteiger partial charge in [0.2, 0.25) is 0 Å². The van der Waals surface area contributed by atoms with E-state index in [0.29, 0.717) is 24.0 Å². The topological polar surface area (TPSA) is 37.3 Å². The summed E-state index contributed by atoms with van der Waals surface area (Å²) in [6, 6.07) is 3.58. The Morgan fingerprint density at radius 2 is 1.76 bits per heavy atom. The molecule has 1 N–H and O–H groups in total. The zero-order valence-corrected chi connectivity index (χ0v) is 10.8. The first-order chi connectivity index (χ1) is 7.74. The molecule has 0 amide bonds. The van der Waals surface area contributed by atoms with Gasteiger partial charge >= 0.3 is 5.97 Å². The zero-order valence-electron chi connectivity index (χ0n) is 10.8. The Hall–Kier alpha value is -1.38. The van der Waals surface area contributed by atoms with Crippen molar-refractivity contribution in [1.82, 2.24) is 0 Å². The number of halogens is 1. The molecular formula is C14H19FO2. The first kappa shape index (κ1) is 13.7. The molecule has 0 saturated heterocycles. The molecule has 0 bridgehead atoms. The Kier molecular flexibility index (Phi) is 3.91. The van der Waals surface area contributed by atoms with Gasteiger partial charge in [-0.05, 0) is 57.2 Å². The molecular weight excluding hydrogens is 219 g/mol. The van der Waals surface area contributed by atoms with Crippen LogP contribution in [0.2, 0.25) is 0 Å². The third-order valence-corrected chi connectivity index (χ3v) is 3.11. The smallest absolute Gasteiger partial charge is 0.309 e. The Morgan fingerprint density at radius 1 is 1.29 bits per heavy atom. The molecule has 0 aromatic heterocycles. The Labute approximate surface area is 101 Å². The molecule has 0 atom stereocenters. The van der Waals surface area contributed by atoms with Crippen LogP contribution in [0.1, 0.15) is 37.0 Å². The van der Waals surface area contributed by atoms with E-state index < -0.39 is 11.4 Å². The van der Waals surface area contributed by atoms with E-state index in [4.69, 9.17) is 5.11 Å². The Morgan fingerprint density at radius 3 is 2.18 bits per heavy atom. The predicted octanol–water partition coefficient (Wildman–Crippen LogP) is 3.49. The number of hydrogen-bond donors (Lipinski definition) is 1. The highest BCUT2D eigenvalue weighted by Gasteiger charge is 2.26. The standard InChI is InChI=1S/C14H19FO2/c1-9-7-11(8-10(2)12(9)15)5-6-14(3,4)13(16)17/h7-8H,5-6H2,1-4H3,(H,16,17). The van der Waals surface area contributed by atoms with E-state index in [1.807, 2.05) is 0 Å². The molecule has 0 saturated carbocycles. The first-order valence-corrected chi connectivity index (χ1v) is 5.73. The average molecular weight is 238 g/mol. The molecule has 0 spiro atoms. The number of aliphatic carboxylic acids is 1. The van der Waals surface area contributed by atoms with Crippen molar-refractivity contribution in [3.63, 3.8) is 0 Å². The van der Waals surface area contributed by atoms with Crippen LogP contribution < -0.4 is 0 Å². The number of rotatable bonds is 4. The van der Waals surface area contributed by atoms with E-state index >= 15 is 0 Å². The molecule has 0 radical (unpaired) electrons. The molecule has 1 aromatic carbocycles. The summed E-state index contributed by atoms with van der Waals surface area (Å²) in [5, 5.41) is 9.01. The minimum absolute atomic E-state index is 0.175. The van der Waals surface area contributed by atoms with Gasteiger partial charge in [-0.2, -0.15) is 0 Å². The van der Waals surface area contributed by atoms with Gasteiger partial charge in [0.05, 0.1) is 5.41 Å². The zero-order chi connectivity index (χ0) is 13.2. The van der Waals surface area contributed by atoms with Crippen molar-refractivity contribution in [2.24, 2.45) is 5.41 Å². The van der Waals surface area contributed by atoms with Gasteiger partial charge in [-0.15, -0.1) is 0 Å². The van der Waals surface area contributed by atoms with Gasteiger partial charge in [0.1, 0.15) is 5.82 Å². The third kappa shape index (κ3) is 3.29. The van der Waals surface area contributed by atoms with Gasteiger partial charge in [-0.3, -0.25) is 4.79 Å². The van der Waals surface area contributed by atoms with Gasteiger partial charge in [-0.25, -0.2) is 4.39 Å². The fourth-order valence-electron chi connectivity index (χ4n) is 1.74. The monoisotopic (exact) mass is 238 g/mol. The molecule has 17 heavy (non-hydrogen) atoms. The van der Waals surface area contributed by atoms with E-state index in [0.717, 1.165) is 5.56 Å². The maximum Gasteiger partial charge on any atom is 0.309 e. The van der Waals surface area contributed by atoms with E-state index in [-0.39, 0.29) is 5.82 Å². The Bertz CT molecular complexity index is 413. The molecule has 0 aliphatic carbocycles. The molecule has 1 aromatic rings. The minimum Gasteiger partial charge on any atom is -0.481 e. The van der Waals surface area contributed by atoms with Crippen molar-refractivity contribution >= 4 is 5.97 Å². The van der Waals surface area contributed by atoms with Crippen LogP contribution in [0.15, 0.2) is 12.1 Å². The quantitative estimate of drug-likeness (QED) is 0.871. The lowest BCUT2D eigenvalue weighted by molar-refractivity contribution is -0.147. The largest absolute Gasteiger partial charge is 0.481 e. The highest BCUT2D eigenvalue weighted by atomic mass is 19.1. The molecule has 2 nitrogen and oxygen atoms in total. The SMILES string of the molecule is Cc1cc(CCC(C)(C)C(=O)O)cc(C)c1F. The minimum atomic E-state index is -0.798. The summed E-state index contributed by atoms with van der Waals surface area (Å²) < 4.78 is 13.4. The van der Waals surface area contributed by atoms with Gasteiger partial charge in [0.25, 0.3) is 0 Å². The summed E-state index contributed by atoms with van der Waals surface area (Å²) in [6.07, 6.45) is 1.20. The van der Waals surface area contributed by atoms with Crippen LogP contribution in [0, 0.1) is 25.1 Å². The maximum atomic E-state index is 13.4. The van der Waals surface area contributed by atoms with Crippen LogP contribution in [-0.2, 0) is 11.2 Å². The molecule has 1 rings (SSSR count). The molecule has 0 aliphatic heterocycles. The van der Waals surface area contributed by atoms with Crippen LogP contribution in [0.25, 0.3) is 0 Å². The number of benzene rings is 1. The van der Waals surface area contributed by atoms with Gasteiger partial charge in [-0.1, -0.05) is 12.1 Å². The van der Waals surface area contributed by atoms with Crippen molar-refractivity contribution in [2.75, 3.05) is 0 Å². The van der Waals surface area contributed by atoms with Crippen LogP contribution in [0.3, 0.4) is 0 Å². The van der Waals surface area contributed by atoms with Gasteiger partial charge < -0.3 is 5.11 Å². The lowest BCUT2D eigenvalue weighted by Crippen LogP contribution is -2.24. The molecule has 0 unspecified atom stereocenters. The van der Waals surface area contributed by atoms with Crippen molar-refractivity contribution in [3.8, 4) is 0 Å². The second-order valence-electron chi connectivity index (χ2n) is 5.23. The second-order valence-corrected chi connectivity index (χ2v) is 5.23. The van der Waals surface area contributed by atoms with E-state index in [9.17, 15) is 9.18 Å². The van der Waals surface area contributed by atoms with Crippen LogP contribution >= 0.6 is 0 Å². The second kappa shape index (κ2) is 4.86. The predicted molar refractivity (Wildman–Crippen MR) is 65.6 cm³/mol. The lowest BCUT2D eigenvalue weighted by atomic mass is 9.86. The summed E-state index contributed by atoms with van der Waals surface area (Å²) in [6.45, 7) is 6.87. The number of carbonyl (C=O) groups is 1. The highest BCUT2D eigenvalue weighted by molar-refractivity contribution is 5.73.